The van der Waals surface area contributed by atoms with Crippen molar-refractivity contribution < 1.29 is 13.2 Å². The summed E-state index contributed by atoms with van der Waals surface area (Å²) in [7, 11) is -3.05. The SMILES string of the molecule is O=C(Cc1ccc(Cl)cc1)N=C1S[C@H]2CS(=O)(=O)C[C@@H]2N1Cc1ccccc1. The van der Waals surface area contributed by atoms with E-state index in [1.165, 1.54) is 11.8 Å². The number of amidine groups is 1. The van der Waals surface area contributed by atoms with Crippen molar-refractivity contribution in [1.82, 2.24) is 4.90 Å². The van der Waals surface area contributed by atoms with Crippen molar-refractivity contribution in [3.8, 4) is 0 Å². The molecule has 0 spiro atoms. The zero-order chi connectivity index (χ0) is 19.7. The van der Waals surface area contributed by atoms with Crippen LogP contribution in [0.2, 0.25) is 5.02 Å². The van der Waals surface area contributed by atoms with Crippen LogP contribution in [0.15, 0.2) is 59.6 Å². The van der Waals surface area contributed by atoms with Crippen molar-refractivity contribution in [3.63, 3.8) is 0 Å². The first kappa shape index (κ1) is 19.5. The molecule has 0 aromatic heterocycles. The van der Waals surface area contributed by atoms with Gasteiger partial charge in [0.1, 0.15) is 0 Å². The lowest BCUT2D eigenvalue weighted by molar-refractivity contribution is -0.117. The quantitative estimate of drug-likeness (QED) is 0.739. The van der Waals surface area contributed by atoms with E-state index in [4.69, 9.17) is 11.6 Å². The van der Waals surface area contributed by atoms with Gasteiger partial charge in [0.2, 0.25) is 0 Å². The molecule has 0 radical (unpaired) electrons. The molecular formula is C20H19ClN2O3S2. The summed E-state index contributed by atoms with van der Waals surface area (Å²) in [5.41, 5.74) is 1.91. The van der Waals surface area contributed by atoms with Crippen molar-refractivity contribution in [1.29, 1.82) is 0 Å². The van der Waals surface area contributed by atoms with E-state index in [-0.39, 0.29) is 35.1 Å². The van der Waals surface area contributed by atoms with Gasteiger partial charge in [0.05, 0.1) is 24.0 Å². The average molecular weight is 435 g/mol. The van der Waals surface area contributed by atoms with Gasteiger partial charge in [-0.05, 0) is 23.3 Å². The molecule has 2 aliphatic rings. The Morgan fingerprint density at radius 3 is 2.50 bits per heavy atom. The zero-order valence-corrected chi connectivity index (χ0v) is 17.4. The third kappa shape index (κ3) is 4.42. The van der Waals surface area contributed by atoms with Crippen molar-refractivity contribution in [2.24, 2.45) is 4.99 Å². The molecule has 146 valence electrons. The van der Waals surface area contributed by atoms with E-state index in [9.17, 15) is 13.2 Å². The van der Waals surface area contributed by atoms with Gasteiger partial charge in [-0.15, -0.1) is 0 Å². The molecule has 2 aromatic carbocycles. The van der Waals surface area contributed by atoms with Gasteiger partial charge in [0, 0.05) is 16.8 Å². The number of fused-ring (bicyclic) bond motifs is 1. The van der Waals surface area contributed by atoms with Crippen molar-refractivity contribution in [3.05, 3.63) is 70.7 Å². The molecule has 2 heterocycles. The molecule has 2 saturated heterocycles. The summed E-state index contributed by atoms with van der Waals surface area (Å²) in [6.07, 6.45) is 0.189. The Balaban J connectivity index is 1.56. The Morgan fingerprint density at radius 1 is 1.07 bits per heavy atom. The largest absolute Gasteiger partial charge is 0.342 e. The Morgan fingerprint density at radius 2 is 1.79 bits per heavy atom. The number of carbonyl (C=O) groups is 1. The van der Waals surface area contributed by atoms with Crippen LogP contribution in [-0.2, 0) is 27.6 Å². The maximum atomic E-state index is 12.5. The van der Waals surface area contributed by atoms with Gasteiger partial charge in [-0.2, -0.15) is 4.99 Å². The lowest BCUT2D eigenvalue weighted by Gasteiger charge is -2.24. The number of hydrogen-bond donors (Lipinski definition) is 0. The van der Waals surface area contributed by atoms with Crippen LogP contribution in [0.1, 0.15) is 11.1 Å². The van der Waals surface area contributed by atoms with Crippen LogP contribution < -0.4 is 0 Å². The molecule has 8 heteroatoms. The normalized spacial score (nSPS) is 24.5. The monoisotopic (exact) mass is 434 g/mol. The summed E-state index contributed by atoms with van der Waals surface area (Å²) in [6, 6.07) is 16.8. The van der Waals surface area contributed by atoms with Crippen molar-refractivity contribution in [2.75, 3.05) is 11.5 Å². The Kier molecular flexibility index (Phi) is 5.49. The molecule has 28 heavy (non-hydrogen) atoms. The highest BCUT2D eigenvalue weighted by molar-refractivity contribution is 8.15. The first-order valence-electron chi connectivity index (χ1n) is 8.93. The summed E-state index contributed by atoms with van der Waals surface area (Å²) < 4.78 is 24.2. The molecule has 5 nitrogen and oxygen atoms in total. The number of rotatable bonds is 4. The number of nitrogens with zero attached hydrogens (tertiary/aromatic N) is 2. The van der Waals surface area contributed by atoms with Crippen LogP contribution in [-0.4, -0.2) is 47.2 Å². The van der Waals surface area contributed by atoms with E-state index in [1.807, 2.05) is 47.4 Å². The summed E-state index contributed by atoms with van der Waals surface area (Å²) in [5.74, 6) is 0.00521. The third-order valence-electron chi connectivity index (χ3n) is 4.86. The number of halogens is 1. The fourth-order valence-corrected chi connectivity index (χ4v) is 7.62. The highest BCUT2D eigenvalue weighted by Gasteiger charge is 2.48. The number of sulfone groups is 1. The number of amides is 1. The summed E-state index contributed by atoms with van der Waals surface area (Å²) in [6.45, 7) is 0.539. The van der Waals surface area contributed by atoms with Gasteiger partial charge in [0.25, 0.3) is 5.91 Å². The van der Waals surface area contributed by atoms with Gasteiger partial charge in [0.15, 0.2) is 15.0 Å². The number of carbonyl (C=O) groups excluding carboxylic acids is 1. The second kappa shape index (κ2) is 7.89. The summed E-state index contributed by atoms with van der Waals surface area (Å²) >= 11 is 7.29. The van der Waals surface area contributed by atoms with Crippen LogP contribution in [0.3, 0.4) is 0 Å². The summed E-state index contributed by atoms with van der Waals surface area (Å²) in [5, 5.41) is 1.17. The number of benzene rings is 2. The van der Waals surface area contributed by atoms with Crippen molar-refractivity contribution in [2.45, 2.75) is 24.3 Å². The number of thioether (sulfide) groups is 1. The Hall–Kier alpha value is -1.83. The summed E-state index contributed by atoms with van der Waals surface area (Å²) in [4.78, 5) is 18.8. The molecule has 0 unspecified atom stereocenters. The van der Waals surface area contributed by atoms with Crippen LogP contribution in [0.5, 0.6) is 0 Å². The first-order valence-corrected chi connectivity index (χ1v) is 12.0. The first-order chi connectivity index (χ1) is 13.4. The van der Waals surface area contributed by atoms with E-state index in [1.54, 1.807) is 12.1 Å². The fourth-order valence-electron chi connectivity index (χ4n) is 3.52. The van der Waals surface area contributed by atoms with Crippen LogP contribution in [0.25, 0.3) is 0 Å². The van der Waals surface area contributed by atoms with E-state index >= 15 is 0 Å². The van der Waals surface area contributed by atoms with Gasteiger partial charge < -0.3 is 4.90 Å². The van der Waals surface area contributed by atoms with E-state index < -0.39 is 9.84 Å². The van der Waals surface area contributed by atoms with Gasteiger partial charge in [-0.25, -0.2) is 8.42 Å². The second-order valence-corrected chi connectivity index (χ2v) is 10.8. The molecule has 4 rings (SSSR count). The molecule has 2 aromatic rings. The lowest BCUT2D eigenvalue weighted by atomic mass is 10.1. The molecule has 0 saturated carbocycles. The Labute approximate surface area is 173 Å². The Bertz CT molecular complexity index is 1010. The molecule has 2 aliphatic heterocycles. The number of hydrogen-bond acceptors (Lipinski definition) is 4. The maximum Gasteiger partial charge on any atom is 0.252 e. The van der Waals surface area contributed by atoms with Crippen molar-refractivity contribution >= 4 is 44.3 Å². The minimum atomic E-state index is -3.05. The van der Waals surface area contributed by atoms with E-state index in [2.05, 4.69) is 4.99 Å². The fraction of sp³-hybridized carbons (Fsp3) is 0.300. The van der Waals surface area contributed by atoms with Gasteiger partial charge in [-0.3, -0.25) is 4.79 Å². The highest BCUT2D eigenvalue weighted by Crippen LogP contribution is 2.39. The van der Waals surface area contributed by atoms with Gasteiger partial charge in [-0.1, -0.05) is 65.8 Å². The maximum absolute atomic E-state index is 12.5. The average Bonchev–Trinajstić information content (AvgIpc) is 3.10. The second-order valence-electron chi connectivity index (χ2n) is 7.01. The minimum absolute atomic E-state index is 0.0733. The molecule has 1 amide bonds. The van der Waals surface area contributed by atoms with Crippen LogP contribution in [0, 0.1) is 0 Å². The van der Waals surface area contributed by atoms with E-state index in [0.717, 1.165) is 11.1 Å². The zero-order valence-electron chi connectivity index (χ0n) is 15.0. The highest BCUT2D eigenvalue weighted by atomic mass is 35.5. The molecule has 2 fully saturated rings. The predicted octanol–water partition coefficient (Wildman–Crippen LogP) is 3.18. The molecular weight excluding hydrogens is 416 g/mol. The number of aliphatic imine (C=N–C) groups is 1. The van der Waals surface area contributed by atoms with Gasteiger partial charge >= 0.3 is 0 Å². The predicted molar refractivity (Wildman–Crippen MR) is 113 cm³/mol. The van der Waals surface area contributed by atoms with E-state index in [0.29, 0.717) is 16.7 Å². The van der Waals surface area contributed by atoms with Crippen LogP contribution >= 0.6 is 23.4 Å². The molecule has 2 atom stereocenters. The third-order valence-corrected chi connectivity index (χ3v) is 8.36. The topological polar surface area (TPSA) is 66.8 Å². The minimum Gasteiger partial charge on any atom is -0.342 e. The smallest absolute Gasteiger partial charge is 0.252 e. The molecule has 0 aliphatic carbocycles. The molecule has 0 bridgehead atoms. The van der Waals surface area contributed by atoms with Crippen LogP contribution in [0.4, 0.5) is 0 Å². The lowest BCUT2D eigenvalue weighted by Crippen LogP contribution is -2.37. The molecule has 0 N–H and O–H groups in total. The standard InChI is InChI=1S/C20H19ClN2O3S2/c21-16-8-6-14(7-9-16)10-19(24)22-20-23(11-15-4-2-1-3-5-15)17-12-28(25,26)13-18(17)27-20/h1-9,17-18H,10-13H2/t17-,18-/m0/s1.